The van der Waals surface area contributed by atoms with Gasteiger partial charge >= 0.3 is 6.18 Å². The Balaban J connectivity index is 1.59. The van der Waals surface area contributed by atoms with Crippen molar-refractivity contribution in [3.63, 3.8) is 0 Å². The highest BCUT2D eigenvalue weighted by molar-refractivity contribution is 6.34. The number of carbonyl (C=O) groups is 2. The molecule has 3 N–H and O–H groups in total. The zero-order valence-electron chi connectivity index (χ0n) is 21.5. The second kappa shape index (κ2) is 11.0. The third kappa shape index (κ3) is 6.28. The minimum absolute atomic E-state index is 0.0732. The molecular formula is C27H23ClF4N6O2. The number of amides is 2. The van der Waals surface area contributed by atoms with E-state index in [-0.39, 0.29) is 45.7 Å². The van der Waals surface area contributed by atoms with E-state index in [0.29, 0.717) is 5.39 Å². The molecule has 0 aliphatic heterocycles. The van der Waals surface area contributed by atoms with Crippen LogP contribution in [0.5, 0.6) is 0 Å². The molecule has 0 saturated heterocycles. The van der Waals surface area contributed by atoms with Crippen LogP contribution < -0.4 is 16.0 Å². The van der Waals surface area contributed by atoms with Gasteiger partial charge in [-0.3, -0.25) is 9.59 Å². The third-order valence-corrected chi connectivity index (χ3v) is 6.06. The standard InChI is InChI=1S/C27H23ClF4N6O2/c1-26(2,3)25(40)34-11-14-7-9-17(28)20(21(14)29)24(39)38-18-6-4-5-16-22(18)35-13-36-23(16)37-15-8-10-19(33-12-15)27(30,31)32/h4-10,12-13H,11H2,1-3H3,(H,34,40)(H,38,39)(H,35,36,37). The van der Waals surface area contributed by atoms with E-state index < -0.39 is 34.6 Å². The first-order valence-corrected chi connectivity index (χ1v) is 12.2. The number of rotatable bonds is 6. The number of benzene rings is 2. The van der Waals surface area contributed by atoms with Crippen LogP contribution in [-0.2, 0) is 17.5 Å². The molecule has 40 heavy (non-hydrogen) atoms. The normalized spacial score (nSPS) is 11.8. The lowest BCUT2D eigenvalue weighted by molar-refractivity contribution is -0.141. The topological polar surface area (TPSA) is 109 Å². The predicted molar refractivity (Wildman–Crippen MR) is 143 cm³/mol. The Bertz CT molecular complexity index is 1590. The second-order valence-electron chi connectivity index (χ2n) is 9.76. The number of hydrogen-bond acceptors (Lipinski definition) is 6. The molecule has 13 heteroatoms. The zero-order valence-corrected chi connectivity index (χ0v) is 22.2. The number of nitrogens with one attached hydrogen (secondary N) is 3. The Morgan fingerprint density at radius 2 is 1.73 bits per heavy atom. The largest absolute Gasteiger partial charge is 0.433 e. The van der Waals surface area contributed by atoms with E-state index in [1.807, 2.05) is 0 Å². The average Bonchev–Trinajstić information content (AvgIpc) is 2.88. The second-order valence-corrected chi connectivity index (χ2v) is 10.2. The van der Waals surface area contributed by atoms with Crippen LogP contribution in [0.3, 0.4) is 0 Å². The summed E-state index contributed by atoms with van der Waals surface area (Å²) in [5.74, 6) is -1.78. The smallest absolute Gasteiger partial charge is 0.351 e. The molecular weight excluding hydrogens is 552 g/mol. The van der Waals surface area contributed by atoms with Crippen molar-refractivity contribution in [2.45, 2.75) is 33.5 Å². The lowest BCUT2D eigenvalue weighted by Crippen LogP contribution is -2.34. The van der Waals surface area contributed by atoms with Crippen LogP contribution in [-0.4, -0.2) is 26.8 Å². The van der Waals surface area contributed by atoms with Gasteiger partial charge in [-0.15, -0.1) is 0 Å². The number of nitrogens with zero attached hydrogens (tertiary/aromatic N) is 3. The van der Waals surface area contributed by atoms with E-state index in [4.69, 9.17) is 11.6 Å². The van der Waals surface area contributed by atoms with Crippen molar-refractivity contribution < 1.29 is 27.2 Å². The molecule has 2 aromatic heterocycles. The number of halogens is 5. The maximum absolute atomic E-state index is 15.3. The first-order valence-electron chi connectivity index (χ1n) is 11.9. The predicted octanol–water partition coefficient (Wildman–Crippen LogP) is 6.49. The van der Waals surface area contributed by atoms with Gasteiger partial charge in [0, 0.05) is 22.9 Å². The van der Waals surface area contributed by atoms with Crippen LogP contribution in [0.2, 0.25) is 5.02 Å². The van der Waals surface area contributed by atoms with Gasteiger partial charge in [0.15, 0.2) is 0 Å². The highest BCUT2D eigenvalue weighted by atomic mass is 35.5. The number of para-hydroxylation sites is 1. The molecule has 0 saturated carbocycles. The van der Waals surface area contributed by atoms with Gasteiger partial charge in [-0.05, 0) is 30.3 Å². The van der Waals surface area contributed by atoms with E-state index in [2.05, 4.69) is 30.9 Å². The number of carbonyl (C=O) groups excluding carboxylic acids is 2. The minimum atomic E-state index is -4.57. The molecule has 0 radical (unpaired) electrons. The molecule has 2 amide bonds. The van der Waals surface area contributed by atoms with Crippen molar-refractivity contribution in [1.82, 2.24) is 20.3 Å². The SMILES string of the molecule is CC(C)(C)C(=O)NCc1ccc(Cl)c(C(=O)Nc2cccc3c(Nc4ccc(C(F)(F)F)nc4)ncnc23)c1F. The van der Waals surface area contributed by atoms with E-state index in [0.717, 1.165) is 12.3 Å². The summed E-state index contributed by atoms with van der Waals surface area (Å²) in [6.07, 6.45) is -2.36. The number of alkyl halides is 3. The summed E-state index contributed by atoms with van der Waals surface area (Å²) in [6, 6.07) is 9.55. The Morgan fingerprint density at radius 1 is 0.975 bits per heavy atom. The Morgan fingerprint density at radius 3 is 2.38 bits per heavy atom. The van der Waals surface area contributed by atoms with E-state index in [1.165, 1.54) is 30.6 Å². The molecule has 4 aromatic rings. The first kappa shape index (κ1) is 28.7. The number of pyridine rings is 1. The van der Waals surface area contributed by atoms with Crippen molar-refractivity contribution in [2.24, 2.45) is 5.41 Å². The fraction of sp³-hybridized carbons (Fsp3) is 0.222. The summed E-state index contributed by atoms with van der Waals surface area (Å²) >= 11 is 6.17. The van der Waals surface area contributed by atoms with Crippen molar-refractivity contribution in [3.05, 3.63) is 82.6 Å². The van der Waals surface area contributed by atoms with Crippen LogP contribution in [0.1, 0.15) is 42.4 Å². The van der Waals surface area contributed by atoms with Gasteiger partial charge < -0.3 is 16.0 Å². The molecule has 0 spiro atoms. The van der Waals surface area contributed by atoms with Gasteiger partial charge in [-0.25, -0.2) is 19.3 Å². The maximum Gasteiger partial charge on any atom is 0.433 e. The fourth-order valence-electron chi connectivity index (χ4n) is 3.63. The summed E-state index contributed by atoms with van der Waals surface area (Å²) in [7, 11) is 0. The quantitative estimate of drug-likeness (QED) is 0.227. The molecule has 0 aliphatic carbocycles. The van der Waals surface area contributed by atoms with Gasteiger partial charge in [0.25, 0.3) is 5.91 Å². The Labute approximate surface area is 231 Å². The highest BCUT2D eigenvalue weighted by Crippen LogP contribution is 2.31. The molecule has 208 valence electrons. The molecule has 2 heterocycles. The minimum Gasteiger partial charge on any atom is -0.351 e. The third-order valence-electron chi connectivity index (χ3n) is 5.75. The van der Waals surface area contributed by atoms with E-state index >= 15 is 4.39 Å². The van der Waals surface area contributed by atoms with Crippen LogP contribution in [0.4, 0.5) is 34.8 Å². The van der Waals surface area contributed by atoms with Crippen LogP contribution >= 0.6 is 11.6 Å². The number of aromatic nitrogens is 3. The van der Waals surface area contributed by atoms with Crippen LogP contribution in [0, 0.1) is 11.2 Å². The van der Waals surface area contributed by atoms with Gasteiger partial charge in [0.1, 0.15) is 23.7 Å². The summed E-state index contributed by atoms with van der Waals surface area (Å²) < 4.78 is 53.8. The monoisotopic (exact) mass is 574 g/mol. The summed E-state index contributed by atoms with van der Waals surface area (Å²) in [4.78, 5) is 37.1. The molecule has 8 nitrogen and oxygen atoms in total. The van der Waals surface area contributed by atoms with Crippen LogP contribution in [0.25, 0.3) is 10.9 Å². The number of anilines is 3. The lowest BCUT2D eigenvalue weighted by atomic mass is 9.95. The summed E-state index contributed by atoms with van der Waals surface area (Å²) in [5, 5.41) is 8.42. The average molecular weight is 575 g/mol. The molecule has 0 fully saturated rings. The zero-order chi connectivity index (χ0) is 29.2. The van der Waals surface area contributed by atoms with Crippen molar-refractivity contribution in [2.75, 3.05) is 10.6 Å². The summed E-state index contributed by atoms with van der Waals surface area (Å²) in [6.45, 7) is 5.01. The highest BCUT2D eigenvalue weighted by Gasteiger charge is 2.32. The Kier molecular flexibility index (Phi) is 7.92. The molecule has 4 rings (SSSR count). The van der Waals surface area contributed by atoms with Gasteiger partial charge in [-0.1, -0.05) is 44.5 Å². The molecule has 0 bridgehead atoms. The lowest BCUT2D eigenvalue weighted by Gasteiger charge is -2.18. The molecule has 2 aromatic carbocycles. The molecule has 0 aliphatic rings. The van der Waals surface area contributed by atoms with Gasteiger partial charge in [0.2, 0.25) is 5.91 Å². The Hall–Kier alpha value is -4.32. The number of fused-ring (bicyclic) bond motifs is 1. The maximum atomic E-state index is 15.3. The molecule has 0 atom stereocenters. The van der Waals surface area contributed by atoms with Gasteiger partial charge in [-0.2, -0.15) is 13.2 Å². The van der Waals surface area contributed by atoms with E-state index in [9.17, 15) is 22.8 Å². The fourth-order valence-corrected chi connectivity index (χ4v) is 3.86. The number of hydrogen-bond donors (Lipinski definition) is 3. The van der Waals surface area contributed by atoms with E-state index in [1.54, 1.807) is 32.9 Å². The van der Waals surface area contributed by atoms with Crippen molar-refractivity contribution in [1.29, 1.82) is 0 Å². The van der Waals surface area contributed by atoms with Crippen molar-refractivity contribution >= 4 is 51.5 Å². The van der Waals surface area contributed by atoms with Gasteiger partial charge in [0.05, 0.1) is 33.7 Å². The molecule has 0 unspecified atom stereocenters. The summed E-state index contributed by atoms with van der Waals surface area (Å²) in [5.41, 5.74) is -1.34. The van der Waals surface area contributed by atoms with Crippen molar-refractivity contribution in [3.8, 4) is 0 Å². The van der Waals surface area contributed by atoms with Crippen LogP contribution in [0.15, 0.2) is 55.0 Å². The first-order chi connectivity index (χ1) is 18.8.